The summed E-state index contributed by atoms with van der Waals surface area (Å²) < 4.78 is 21.1. The van der Waals surface area contributed by atoms with Gasteiger partial charge in [0, 0.05) is 19.2 Å². The first-order valence-corrected chi connectivity index (χ1v) is 11.0. The van der Waals surface area contributed by atoms with Gasteiger partial charge < -0.3 is 25.6 Å². The molecule has 11 heteroatoms. The number of anilines is 1. The number of nitrogens with one attached hydrogen (secondary N) is 2. The summed E-state index contributed by atoms with van der Waals surface area (Å²) in [6, 6.07) is 15.6. The van der Waals surface area contributed by atoms with Crippen LogP contribution in [0.25, 0.3) is 22.6 Å². The van der Waals surface area contributed by atoms with E-state index in [0.717, 1.165) is 5.56 Å². The third-order valence-corrected chi connectivity index (χ3v) is 5.82. The monoisotopic (exact) mass is 478 g/mol. The van der Waals surface area contributed by atoms with E-state index in [1.807, 2.05) is 30.3 Å². The molecule has 0 bridgehead atoms. The Morgan fingerprint density at radius 3 is 2.66 bits per heavy atom. The largest absolute Gasteiger partial charge is 0.387 e. The number of imidazole rings is 1. The maximum atomic E-state index is 13.9. The minimum Gasteiger partial charge on any atom is -0.387 e. The van der Waals surface area contributed by atoms with E-state index in [9.17, 15) is 19.4 Å². The third kappa shape index (κ3) is 4.32. The van der Waals surface area contributed by atoms with Crippen molar-refractivity contribution in [3.05, 3.63) is 72.3 Å². The molecule has 1 aliphatic heterocycles. The first kappa shape index (κ1) is 22.8. The number of carbonyl (C=O) groups is 1. The highest BCUT2D eigenvalue weighted by Gasteiger charge is 2.47. The fraction of sp³-hybridized carbons (Fsp3) is 0.250. The van der Waals surface area contributed by atoms with Crippen LogP contribution in [0.4, 0.5) is 10.2 Å². The lowest BCUT2D eigenvalue weighted by atomic mass is 10.1. The number of hydrogen-bond donors (Lipinski definition) is 4. The molecule has 2 aromatic heterocycles. The van der Waals surface area contributed by atoms with Gasteiger partial charge in [0.05, 0.1) is 6.33 Å². The molecule has 2 aromatic carbocycles. The van der Waals surface area contributed by atoms with Gasteiger partial charge in [0.15, 0.2) is 35.1 Å². The average molecular weight is 478 g/mol. The molecule has 0 spiro atoms. The second-order valence-electron chi connectivity index (χ2n) is 8.11. The van der Waals surface area contributed by atoms with Gasteiger partial charge in [-0.25, -0.2) is 19.3 Å². The molecule has 3 heterocycles. The SMILES string of the molecule is CNC(=O)[C@@H]1OC(n2cnc3c(NCc4ccccc4)nc(-c4cccc(F)c4)nc32)C(O)C1O. The van der Waals surface area contributed by atoms with Gasteiger partial charge in [0.1, 0.15) is 18.0 Å². The molecule has 180 valence electrons. The minimum atomic E-state index is -1.45. The van der Waals surface area contributed by atoms with Crippen molar-refractivity contribution < 1.29 is 24.1 Å². The fourth-order valence-electron chi connectivity index (χ4n) is 4.01. The molecule has 1 fully saturated rings. The van der Waals surface area contributed by atoms with Crippen LogP contribution in [-0.2, 0) is 16.1 Å². The lowest BCUT2D eigenvalue weighted by Gasteiger charge is -2.17. The van der Waals surface area contributed by atoms with Gasteiger partial charge >= 0.3 is 0 Å². The number of halogens is 1. The van der Waals surface area contributed by atoms with Crippen LogP contribution in [0, 0.1) is 5.82 Å². The highest BCUT2D eigenvalue weighted by molar-refractivity contribution is 5.85. The number of likely N-dealkylation sites (N-methyl/N-ethyl adjacent to an activating group) is 1. The lowest BCUT2D eigenvalue weighted by molar-refractivity contribution is -0.137. The number of carbonyl (C=O) groups excluding carboxylic acids is 1. The van der Waals surface area contributed by atoms with Crippen LogP contribution >= 0.6 is 0 Å². The molecule has 35 heavy (non-hydrogen) atoms. The molecule has 3 unspecified atom stereocenters. The first-order chi connectivity index (χ1) is 17.0. The predicted octanol–water partition coefficient (Wildman–Crippen LogP) is 1.61. The van der Waals surface area contributed by atoms with Crippen molar-refractivity contribution in [2.45, 2.75) is 31.1 Å². The Hall–Kier alpha value is -3.93. The number of fused-ring (bicyclic) bond motifs is 1. The zero-order valence-corrected chi connectivity index (χ0v) is 18.7. The molecule has 4 aromatic rings. The van der Waals surface area contributed by atoms with Crippen LogP contribution in [0.15, 0.2) is 60.9 Å². The van der Waals surface area contributed by atoms with Crippen LogP contribution in [0.2, 0.25) is 0 Å². The number of nitrogens with zero attached hydrogens (tertiary/aromatic N) is 4. The van der Waals surface area contributed by atoms with E-state index in [-0.39, 0.29) is 11.5 Å². The Morgan fingerprint density at radius 2 is 1.91 bits per heavy atom. The van der Waals surface area contributed by atoms with Gasteiger partial charge in [0.25, 0.3) is 5.91 Å². The molecule has 10 nitrogen and oxygen atoms in total. The van der Waals surface area contributed by atoms with Gasteiger partial charge in [0.2, 0.25) is 0 Å². The average Bonchev–Trinajstić information content (AvgIpc) is 3.43. The zero-order chi connectivity index (χ0) is 24.5. The van der Waals surface area contributed by atoms with Gasteiger partial charge in [-0.3, -0.25) is 9.36 Å². The maximum Gasteiger partial charge on any atom is 0.251 e. The van der Waals surface area contributed by atoms with E-state index in [1.165, 1.54) is 30.1 Å². The fourth-order valence-corrected chi connectivity index (χ4v) is 4.01. The van der Waals surface area contributed by atoms with Crippen molar-refractivity contribution in [1.29, 1.82) is 0 Å². The van der Waals surface area contributed by atoms with E-state index in [1.54, 1.807) is 12.1 Å². The number of hydrogen-bond acceptors (Lipinski definition) is 8. The molecule has 5 rings (SSSR count). The number of aliphatic hydroxyl groups excluding tert-OH is 2. The smallest absolute Gasteiger partial charge is 0.251 e. The third-order valence-electron chi connectivity index (χ3n) is 5.82. The number of rotatable bonds is 6. The Labute approximate surface area is 199 Å². The first-order valence-electron chi connectivity index (χ1n) is 11.0. The molecule has 4 N–H and O–H groups in total. The number of amides is 1. The summed E-state index contributed by atoms with van der Waals surface area (Å²) in [5.41, 5.74) is 2.12. The van der Waals surface area contributed by atoms with Crippen LogP contribution in [0.1, 0.15) is 11.8 Å². The summed E-state index contributed by atoms with van der Waals surface area (Å²) in [5.74, 6) is -0.383. The molecule has 0 aliphatic carbocycles. The zero-order valence-electron chi connectivity index (χ0n) is 18.7. The summed E-state index contributed by atoms with van der Waals surface area (Å²) >= 11 is 0. The highest BCUT2D eigenvalue weighted by Crippen LogP contribution is 2.33. The van der Waals surface area contributed by atoms with Gasteiger partial charge in [-0.05, 0) is 17.7 Å². The predicted molar refractivity (Wildman–Crippen MR) is 124 cm³/mol. The van der Waals surface area contributed by atoms with Crippen LogP contribution < -0.4 is 10.6 Å². The van der Waals surface area contributed by atoms with Crippen molar-refractivity contribution in [3.8, 4) is 11.4 Å². The maximum absolute atomic E-state index is 13.9. The van der Waals surface area contributed by atoms with Gasteiger partial charge in [-0.2, -0.15) is 0 Å². The molecule has 0 radical (unpaired) electrons. The van der Waals surface area contributed by atoms with Crippen LogP contribution in [-0.4, -0.2) is 61.0 Å². The Kier molecular flexibility index (Phi) is 6.12. The standard InChI is InChI=1S/C24H23FN6O4/c1-26-23(34)19-17(32)18(33)24(35-19)31-12-28-16-21(27-11-13-6-3-2-4-7-13)29-20(30-22(16)31)14-8-5-9-15(25)10-14/h2-10,12,17-19,24,32-33H,11H2,1H3,(H,26,34)(H,27,29,30)/t17?,18?,19-,24?/m1/s1. The molecule has 0 saturated carbocycles. The van der Waals surface area contributed by atoms with Crippen LogP contribution in [0.3, 0.4) is 0 Å². The van der Waals surface area contributed by atoms with Crippen molar-refractivity contribution >= 4 is 22.9 Å². The number of aromatic nitrogens is 4. The Balaban J connectivity index is 1.58. The minimum absolute atomic E-state index is 0.227. The Bertz CT molecular complexity index is 1360. The molecular formula is C24H23FN6O4. The molecule has 1 saturated heterocycles. The molecular weight excluding hydrogens is 455 g/mol. The topological polar surface area (TPSA) is 134 Å². The van der Waals surface area contributed by atoms with E-state index in [2.05, 4.69) is 25.6 Å². The highest BCUT2D eigenvalue weighted by atomic mass is 19.1. The summed E-state index contributed by atoms with van der Waals surface area (Å²) in [7, 11) is 1.41. The van der Waals surface area contributed by atoms with E-state index < -0.39 is 36.3 Å². The number of benzene rings is 2. The quantitative estimate of drug-likeness (QED) is 0.328. The summed E-state index contributed by atoms with van der Waals surface area (Å²) in [6.45, 7) is 0.447. The van der Waals surface area contributed by atoms with Crippen molar-refractivity contribution in [2.24, 2.45) is 0 Å². The van der Waals surface area contributed by atoms with Crippen LogP contribution in [0.5, 0.6) is 0 Å². The second kappa shape index (κ2) is 9.37. The summed E-state index contributed by atoms with van der Waals surface area (Å²) in [5, 5.41) is 26.7. The van der Waals surface area contributed by atoms with Gasteiger partial charge in [-0.1, -0.05) is 42.5 Å². The number of aliphatic hydroxyl groups is 2. The second-order valence-corrected chi connectivity index (χ2v) is 8.11. The summed E-state index contributed by atoms with van der Waals surface area (Å²) in [6.07, 6.45) is -3.86. The van der Waals surface area contributed by atoms with Crippen molar-refractivity contribution in [3.63, 3.8) is 0 Å². The van der Waals surface area contributed by atoms with E-state index in [4.69, 9.17) is 4.74 Å². The molecule has 4 atom stereocenters. The van der Waals surface area contributed by atoms with E-state index >= 15 is 0 Å². The summed E-state index contributed by atoms with van der Waals surface area (Å²) in [4.78, 5) is 25.6. The van der Waals surface area contributed by atoms with Crippen molar-refractivity contribution in [2.75, 3.05) is 12.4 Å². The van der Waals surface area contributed by atoms with E-state index in [0.29, 0.717) is 23.4 Å². The Morgan fingerprint density at radius 1 is 1.11 bits per heavy atom. The molecule has 1 amide bonds. The number of ether oxygens (including phenoxy) is 1. The van der Waals surface area contributed by atoms with Gasteiger partial charge in [-0.15, -0.1) is 0 Å². The molecule has 1 aliphatic rings. The normalized spacial score (nSPS) is 21.8. The lowest BCUT2D eigenvalue weighted by Crippen LogP contribution is -2.41. The van der Waals surface area contributed by atoms with Crippen molar-refractivity contribution in [1.82, 2.24) is 24.8 Å².